The summed E-state index contributed by atoms with van der Waals surface area (Å²) in [5.74, 6) is 1.93. The van der Waals surface area contributed by atoms with Gasteiger partial charge in [-0.15, -0.1) is 0 Å². The Balaban J connectivity index is 1.35. The zero-order valence-corrected chi connectivity index (χ0v) is 17.1. The van der Waals surface area contributed by atoms with Crippen LogP contribution in [-0.4, -0.2) is 68.4 Å². The van der Waals surface area contributed by atoms with Crippen LogP contribution in [0.4, 0.5) is 0 Å². The molecule has 0 unspecified atom stereocenters. The zero-order valence-electron chi connectivity index (χ0n) is 17.1. The summed E-state index contributed by atoms with van der Waals surface area (Å²) in [6, 6.07) is 13.8. The largest absolute Gasteiger partial charge is 0.508 e. The van der Waals surface area contributed by atoms with Crippen molar-refractivity contribution < 1.29 is 14.6 Å². The molecule has 0 aromatic heterocycles. The Labute approximate surface area is 168 Å². The molecule has 0 atom stereocenters. The van der Waals surface area contributed by atoms with Crippen molar-refractivity contribution in [1.29, 1.82) is 0 Å². The first-order valence-corrected chi connectivity index (χ1v) is 10.1. The summed E-state index contributed by atoms with van der Waals surface area (Å²) >= 11 is 0. The number of ether oxygens (including phenoxy) is 2. The number of aromatic hydroxyl groups is 1. The van der Waals surface area contributed by atoms with Crippen LogP contribution in [0.3, 0.4) is 0 Å². The number of methoxy groups -OCH3 is 2. The van der Waals surface area contributed by atoms with E-state index in [1.54, 1.807) is 26.4 Å². The van der Waals surface area contributed by atoms with E-state index in [1.165, 1.54) is 11.1 Å². The van der Waals surface area contributed by atoms with E-state index in [4.69, 9.17) is 9.47 Å². The summed E-state index contributed by atoms with van der Waals surface area (Å²) in [4.78, 5) is 5.11. The first-order chi connectivity index (χ1) is 13.7. The van der Waals surface area contributed by atoms with Crippen molar-refractivity contribution in [1.82, 2.24) is 9.80 Å². The number of phenolic OH excluding ortho intramolecular Hbond substituents is 1. The second kappa shape index (κ2) is 10.3. The van der Waals surface area contributed by atoms with Crippen LogP contribution >= 0.6 is 0 Å². The lowest BCUT2D eigenvalue weighted by molar-refractivity contribution is 0.132. The smallest absolute Gasteiger partial charge is 0.160 e. The molecule has 1 heterocycles. The minimum absolute atomic E-state index is 0.341. The van der Waals surface area contributed by atoms with E-state index in [0.29, 0.717) is 5.75 Å². The van der Waals surface area contributed by atoms with E-state index < -0.39 is 0 Å². The van der Waals surface area contributed by atoms with Crippen molar-refractivity contribution >= 4 is 0 Å². The standard InChI is InChI=1S/C23H32N2O3/c1-27-22-10-7-20(18-23(22)28-2)11-13-25-16-14-24(15-17-25)12-3-4-19-5-8-21(26)9-6-19/h5-10,18,26H,3-4,11-17H2,1-2H3. The van der Waals surface area contributed by atoms with Crippen LogP contribution in [-0.2, 0) is 12.8 Å². The van der Waals surface area contributed by atoms with Crippen molar-refractivity contribution in [3.63, 3.8) is 0 Å². The molecule has 1 fully saturated rings. The van der Waals surface area contributed by atoms with Gasteiger partial charge in [0.15, 0.2) is 11.5 Å². The molecule has 3 rings (SSSR count). The van der Waals surface area contributed by atoms with Crippen molar-refractivity contribution in [2.75, 3.05) is 53.5 Å². The monoisotopic (exact) mass is 384 g/mol. The Bertz CT molecular complexity index is 725. The third-order valence-electron chi connectivity index (χ3n) is 5.51. The highest BCUT2D eigenvalue weighted by molar-refractivity contribution is 5.42. The maximum atomic E-state index is 9.35. The second-order valence-corrected chi connectivity index (χ2v) is 7.39. The molecule has 2 aromatic rings. The molecule has 152 valence electrons. The highest BCUT2D eigenvalue weighted by Crippen LogP contribution is 2.27. The molecular weight excluding hydrogens is 352 g/mol. The lowest BCUT2D eigenvalue weighted by Crippen LogP contribution is -2.47. The molecule has 1 aliphatic rings. The van der Waals surface area contributed by atoms with Gasteiger partial charge in [-0.1, -0.05) is 18.2 Å². The number of piperazine rings is 1. The van der Waals surface area contributed by atoms with Crippen LogP contribution in [0, 0.1) is 0 Å². The van der Waals surface area contributed by atoms with Gasteiger partial charge in [0, 0.05) is 32.7 Å². The molecule has 0 spiro atoms. The van der Waals surface area contributed by atoms with Gasteiger partial charge in [0.2, 0.25) is 0 Å². The Hall–Kier alpha value is -2.24. The van der Waals surface area contributed by atoms with Crippen LogP contribution < -0.4 is 9.47 Å². The highest BCUT2D eigenvalue weighted by Gasteiger charge is 2.16. The first kappa shape index (κ1) is 20.5. The minimum Gasteiger partial charge on any atom is -0.508 e. The Kier molecular flexibility index (Phi) is 7.57. The van der Waals surface area contributed by atoms with Crippen LogP contribution in [0.15, 0.2) is 42.5 Å². The molecule has 0 amide bonds. The predicted molar refractivity (Wildman–Crippen MR) is 113 cm³/mol. The third-order valence-corrected chi connectivity index (χ3v) is 5.51. The molecule has 28 heavy (non-hydrogen) atoms. The lowest BCUT2D eigenvalue weighted by Gasteiger charge is -2.34. The zero-order chi connectivity index (χ0) is 19.8. The van der Waals surface area contributed by atoms with Gasteiger partial charge in [-0.25, -0.2) is 0 Å². The van der Waals surface area contributed by atoms with Gasteiger partial charge in [0.1, 0.15) is 5.75 Å². The average molecular weight is 385 g/mol. The SMILES string of the molecule is COc1ccc(CCN2CCN(CCCc3ccc(O)cc3)CC2)cc1OC. The summed E-state index contributed by atoms with van der Waals surface area (Å²) in [5.41, 5.74) is 2.58. The van der Waals surface area contributed by atoms with E-state index in [-0.39, 0.29) is 0 Å². The van der Waals surface area contributed by atoms with Crippen molar-refractivity contribution in [2.24, 2.45) is 0 Å². The molecule has 0 bridgehead atoms. The van der Waals surface area contributed by atoms with Gasteiger partial charge in [0.25, 0.3) is 0 Å². The van der Waals surface area contributed by atoms with Gasteiger partial charge >= 0.3 is 0 Å². The van der Waals surface area contributed by atoms with Gasteiger partial charge in [0.05, 0.1) is 14.2 Å². The molecule has 5 heteroatoms. The number of nitrogens with zero attached hydrogens (tertiary/aromatic N) is 2. The van der Waals surface area contributed by atoms with Crippen LogP contribution in [0.1, 0.15) is 17.5 Å². The number of aryl methyl sites for hydroxylation is 1. The molecule has 0 saturated carbocycles. The fraction of sp³-hybridized carbons (Fsp3) is 0.478. The number of rotatable bonds is 9. The number of phenols is 1. The van der Waals surface area contributed by atoms with Gasteiger partial charge in [-0.05, 0) is 61.2 Å². The minimum atomic E-state index is 0.341. The molecule has 1 aliphatic heterocycles. The van der Waals surface area contributed by atoms with Gasteiger partial charge < -0.3 is 24.4 Å². The van der Waals surface area contributed by atoms with Crippen LogP contribution in [0.2, 0.25) is 0 Å². The Morgan fingerprint density at radius 2 is 1.36 bits per heavy atom. The Morgan fingerprint density at radius 1 is 0.750 bits per heavy atom. The van der Waals surface area contributed by atoms with E-state index in [2.05, 4.69) is 21.9 Å². The van der Waals surface area contributed by atoms with E-state index in [0.717, 1.165) is 70.0 Å². The number of benzene rings is 2. The molecule has 0 aliphatic carbocycles. The van der Waals surface area contributed by atoms with Crippen LogP contribution in [0.25, 0.3) is 0 Å². The maximum absolute atomic E-state index is 9.35. The van der Waals surface area contributed by atoms with E-state index >= 15 is 0 Å². The summed E-state index contributed by atoms with van der Waals surface area (Å²) in [7, 11) is 3.35. The molecule has 0 radical (unpaired) electrons. The normalized spacial score (nSPS) is 15.5. The van der Waals surface area contributed by atoms with Crippen molar-refractivity contribution in [3.8, 4) is 17.2 Å². The van der Waals surface area contributed by atoms with Gasteiger partial charge in [-0.3, -0.25) is 0 Å². The average Bonchev–Trinajstić information content (AvgIpc) is 2.74. The summed E-state index contributed by atoms with van der Waals surface area (Å²) in [6.07, 6.45) is 3.26. The fourth-order valence-electron chi connectivity index (χ4n) is 3.73. The van der Waals surface area contributed by atoms with Crippen LogP contribution in [0.5, 0.6) is 17.2 Å². The van der Waals surface area contributed by atoms with Gasteiger partial charge in [-0.2, -0.15) is 0 Å². The van der Waals surface area contributed by atoms with Crippen molar-refractivity contribution in [3.05, 3.63) is 53.6 Å². The molecule has 1 saturated heterocycles. The second-order valence-electron chi connectivity index (χ2n) is 7.39. The maximum Gasteiger partial charge on any atom is 0.160 e. The fourth-order valence-corrected chi connectivity index (χ4v) is 3.73. The highest BCUT2D eigenvalue weighted by atomic mass is 16.5. The summed E-state index contributed by atoms with van der Waals surface area (Å²) in [6.45, 7) is 6.77. The first-order valence-electron chi connectivity index (χ1n) is 10.1. The summed E-state index contributed by atoms with van der Waals surface area (Å²) in [5, 5.41) is 9.35. The molecular formula is C23H32N2O3. The number of hydrogen-bond donors (Lipinski definition) is 1. The van der Waals surface area contributed by atoms with E-state index in [1.807, 2.05) is 18.2 Å². The third kappa shape index (κ3) is 5.88. The Morgan fingerprint density at radius 3 is 2.00 bits per heavy atom. The predicted octanol–water partition coefficient (Wildman–Crippen LogP) is 3.20. The molecule has 1 N–H and O–H groups in total. The molecule has 5 nitrogen and oxygen atoms in total. The molecule has 2 aromatic carbocycles. The van der Waals surface area contributed by atoms with Crippen molar-refractivity contribution in [2.45, 2.75) is 19.3 Å². The number of hydrogen-bond acceptors (Lipinski definition) is 5. The summed E-state index contributed by atoms with van der Waals surface area (Å²) < 4.78 is 10.7. The van der Waals surface area contributed by atoms with E-state index in [9.17, 15) is 5.11 Å². The topological polar surface area (TPSA) is 45.2 Å². The quantitative estimate of drug-likeness (QED) is 0.719. The lowest BCUT2D eigenvalue weighted by atomic mass is 10.1.